The van der Waals surface area contributed by atoms with Gasteiger partial charge in [-0.3, -0.25) is 4.98 Å². The Bertz CT molecular complexity index is 420. The van der Waals surface area contributed by atoms with Crippen LogP contribution in [0.2, 0.25) is 0 Å². The van der Waals surface area contributed by atoms with Crippen LogP contribution in [-0.2, 0) is 13.7 Å². The van der Waals surface area contributed by atoms with E-state index in [4.69, 9.17) is 5.11 Å². The van der Waals surface area contributed by atoms with Crippen LogP contribution < -0.4 is 0 Å². The van der Waals surface area contributed by atoms with Gasteiger partial charge in [-0.15, -0.1) is 0 Å². The minimum atomic E-state index is 0.0710. The average molecular weight is 188 g/mol. The van der Waals surface area contributed by atoms with E-state index in [2.05, 4.69) is 4.98 Å². The highest BCUT2D eigenvalue weighted by atomic mass is 16.3. The van der Waals surface area contributed by atoms with Crippen molar-refractivity contribution in [3.63, 3.8) is 0 Å². The third-order valence-corrected chi connectivity index (χ3v) is 2.28. The summed E-state index contributed by atoms with van der Waals surface area (Å²) in [5, 5.41) is 9.05. The first kappa shape index (κ1) is 8.97. The summed E-state index contributed by atoms with van der Waals surface area (Å²) in [6.07, 6.45) is 5.53. The first-order valence-corrected chi connectivity index (χ1v) is 4.48. The van der Waals surface area contributed by atoms with Crippen molar-refractivity contribution in [3.05, 3.63) is 42.5 Å². The molecule has 2 heterocycles. The second-order valence-electron chi connectivity index (χ2n) is 3.23. The molecule has 0 aliphatic rings. The number of aliphatic hydroxyl groups is 1. The molecule has 2 rings (SSSR count). The maximum Gasteiger partial charge on any atom is 0.0832 e. The van der Waals surface area contributed by atoms with Crippen LogP contribution in [0.3, 0.4) is 0 Å². The molecule has 14 heavy (non-hydrogen) atoms. The Hall–Kier alpha value is -1.61. The summed E-state index contributed by atoms with van der Waals surface area (Å²) in [6, 6.07) is 5.89. The van der Waals surface area contributed by atoms with E-state index in [1.807, 2.05) is 36.0 Å². The maximum atomic E-state index is 9.05. The highest BCUT2D eigenvalue weighted by molar-refractivity contribution is 5.62. The fourth-order valence-corrected chi connectivity index (χ4v) is 1.47. The van der Waals surface area contributed by atoms with Gasteiger partial charge in [0, 0.05) is 31.3 Å². The third-order valence-electron chi connectivity index (χ3n) is 2.28. The third kappa shape index (κ3) is 1.54. The molecule has 1 N–H and O–H groups in total. The van der Waals surface area contributed by atoms with Gasteiger partial charge in [-0.25, -0.2) is 0 Å². The number of pyridine rings is 1. The maximum absolute atomic E-state index is 9.05. The molecule has 0 unspecified atom stereocenters. The molecule has 2 aromatic rings. The average Bonchev–Trinajstić information content (AvgIpc) is 2.61. The van der Waals surface area contributed by atoms with E-state index < -0.39 is 0 Å². The molecular weight excluding hydrogens is 176 g/mol. The summed E-state index contributed by atoms with van der Waals surface area (Å²) in [6.45, 7) is 0.0710. The van der Waals surface area contributed by atoms with E-state index in [1.54, 1.807) is 12.4 Å². The molecule has 3 nitrogen and oxygen atoms in total. The molecule has 3 heteroatoms. The Balaban J connectivity index is 2.43. The van der Waals surface area contributed by atoms with Crippen molar-refractivity contribution in [2.75, 3.05) is 0 Å². The number of rotatable bonds is 2. The molecule has 0 aliphatic heterocycles. The second-order valence-corrected chi connectivity index (χ2v) is 3.23. The minimum Gasteiger partial charge on any atom is -0.390 e. The van der Waals surface area contributed by atoms with Gasteiger partial charge >= 0.3 is 0 Å². The predicted octanol–water partition coefficient (Wildman–Crippen LogP) is 1.58. The molecule has 0 aliphatic carbocycles. The van der Waals surface area contributed by atoms with Crippen LogP contribution in [0.4, 0.5) is 0 Å². The molecule has 2 aromatic heterocycles. The Morgan fingerprint density at radius 3 is 2.57 bits per heavy atom. The molecule has 0 saturated heterocycles. The molecule has 0 saturated carbocycles. The van der Waals surface area contributed by atoms with Crippen LogP contribution in [0.25, 0.3) is 11.1 Å². The van der Waals surface area contributed by atoms with Crippen LogP contribution in [0.15, 0.2) is 36.8 Å². The lowest BCUT2D eigenvalue weighted by Crippen LogP contribution is -1.92. The van der Waals surface area contributed by atoms with Gasteiger partial charge < -0.3 is 9.67 Å². The number of aryl methyl sites for hydroxylation is 1. The van der Waals surface area contributed by atoms with E-state index in [-0.39, 0.29) is 6.61 Å². The second kappa shape index (κ2) is 3.64. The number of hydrogen-bond acceptors (Lipinski definition) is 2. The van der Waals surface area contributed by atoms with Crippen LogP contribution in [0.5, 0.6) is 0 Å². The molecule has 0 spiro atoms. The van der Waals surface area contributed by atoms with E-state index in [1.165, 1.54) is 0 Å². The Kier molecular flexibility index (Phi) is 2.33. The van der Waals surface area contributed by atoms with Crippen molar-refractivity contribution in [2.45, 2.75) is 6.61 Å². The van der Waals surface area contributed by atoms with Crippen molar-refractivity contribution >= 4 is 0 Å². The van der Waals surface area contributed by atoms with Gasteiger partial charge in [0.05, 0.1) is 6.61 Å². The first-order valence-electron chi connectivity index (χ1n) is 4.48. The quantitative estimate of drug-likeness (QED) is 0.777. The summed E-state index contributed by atoms with van der Waals surface area (Å²) in [4.78, 5) is 3.96. The van der Waals surface area contributed by atoms with Crippen molar-refractivity contribution < 1.29 is 5.11 Å². The number of nitrogens with zero attached hydrogens (tertiary/aromatic N) is 2. The molecule has 72 valence electrons. The van der Waals surface area contributed by atoms with Crippen molar-refractivity contribution in [1.82, 2.24) is 9.55 Å². The zero-order valence-corrected chi connectivity index (χ0v) is 8.01. The molecule has 0 radical (unpaired) electrons. The van der Waals surface area contributed by atoms with Crippen molar-refractivity contribution in [1.29, 1.82) is 0 Å². The molecule has 0 fully saturated rings. The zero-order chi connectivity index (χ0) is 9.97. The standard InChI is InChI=1S/C11H12N2O/c1-13-7-10(6-11(13)8-14)9-2-4-12-5-3-9/h2-7,14H,8H2,1H3. The molecule has 0 bridgehead atoms. The van der Waals surface area contributed by atoms with Crippen LogP contribution >= 0.6 is 0 Å². The SMILES string of the molecule is Cn1cc(-c2ccncc2)cc1CO. The van der Waals surface area contributed by atoms with E-state index in [0.29, 0.717) is 0 Å². The first-order chi connectivity index (χ1) is 6.81. The smallest absolute Gasteiger partial charge is 0.0832 e. The largest absolute Gasteiger partial charge is 0.390 e. The Morgan fingerprint density at radius 2 is 2.00 bits per heavy atom. The highest BCUT2D eigenvalue weighted by Crippen LogP contribution is 2.20. The molecule has 0 aromatic carbocycles. The number of aliphatic hydroxyl groups excluding tert-OH is 1. The highest BCUT2D eigenvalue weighted by Gasteiger charge is 2.03. The van der Waals surface area contributed by atoms with Crippen LogP contribution in [0.1, 0.15) is 5.69 Å². The van der Waals surface area contributed by atoms with Gasteiger partial charge in [-0.05, 0) is 29.3 Å². The van der Waals surface area contributed by atoms with Gasteiger partial charge in [-0.1, -0.05) is 0 Å². The van der Waals surface area contributed by atoms with Gasteiger partial charge in [0.15, 0.2) is 0 Å². The lowest BCUT2D eigenvalue weighted by atomic mass is 10.1. The predicted molar refractivity (Wildman–Crippen MR) is 54.6 cm³/mol. The summed E-state index contributed by atoms with van der Waals surface area (Å²) >= 11 is 0. The van der Waals surface area contributed by atoms with E-state index >= 15 is 0 Å². The molecule has 0 atom stereocenters. The molecular formula is C11H12N2O. The normalized spacial score (nSPS) is 10.4. The summed E-state index contributed by atoms with van der Waals surface area (Å²) < 4.78 is 1.93. The fourth-order valence-electron chi connectivity index (χ4n) is 1.47. The number of aromatic nitrogens is 2. The topological polar surface area (TPSA) is 38.0 Å². The monoisotopic (exact) mass is 188 g/mol. The van der Waals surface area contributed by atoms with Gasteiger partial charge in [0.2, 0.25) is 0 Å². The Morgan fingerprint density at radius 1 is 1.29 bits per heavy atom. The van der Waals surface area contributed by atoms with Gasteiger partial charge in [0.1, 0.15) is 0 Å². The fraction of sp³-hybridized carbons (Fsp3) is 0.182. The summed E-state index contributed by atoms with van der Waals surface area (Å²) in [5.41, 5.74) is 3.14. The molecule has 0 amide bonds. The van der Waals surface area contributed by atoms with E-state index in [0.717, 1.165) is 16.8 Å². The zero-order valence-electron chi connectivity index (χ0n) is 8.01. The summed E-state index contributed by atoms with van der Waals surface area (Å²) in [7, 11) is 1.93. The minimum absolute atomic E-state index is 0.0710. The lowest BCUT2D eigenvalue weighted by molar-refractivity contribution is 0.273. The number of hydrogen-bond donors (Lipinski definition) is 1. The van der Waals surface area contributed by atoms with E-state index in [9.17, 15) is 0 Å². The van der Waals surface area contributed by atoms with Gasteiger partial charge in [-0.2, -0.15) is 0 Å². The van der Waals surface area contributed by atoms with Crippen LogP contribution in [-0.4, -0.2) is 14.7 Å². The van der Waals surface area contributed by atoms with Crippen molar-refractivity contribution in [3.8, 4) is 11.1 Å². The van der Waals surface area contributed by atoms with Crippen molar-refractivity contribution in [2.24, 2.45) is 7.05 Å². The van der Waals surface area contributed by atoms with Gasteiger partial charge in [0.25, 0.3) is 0 Å². The lowest BCUT2D eigenvalue weighted by Gasteiger charge is -1.94. The van der Waals surface area contributed by atoms with Crippen LogP contribution in [0, 0.1) is 0 Å². The summed E-state index contributed by atoms with van der Waals surface area (Å²) in [5.74, 6) is 0. The Labute approximate surface area is 82.7 Å².